The van der Waals surface area contributed by atoms with E-state index in [2.05, 4.69) is 0 Å². The summed E-state index contributed by atoms with van der Waals surface area (Å²) >= 11 is 13.4. The number of nitrogens with zero attached hydrogens (tertiary/aromatic N) is 1. The third-order valence-corrected chi connectivity index (χ3v) is 6.84. The molecule has 0 bridgehead atoms. The molecule has 1 aliphatic heterocycles. The number of aryl methyl sites for hydroxylation is 1. The summed E-state index contributed by atoms with van der Waals surface area (Å²) in [6, 6.07) is 18.3. The Bertz CT molecular complexity index is 1310. The van der Waals surface area contributed by atoms with Crippen LogP contribution in [0.1, 0.15) is 23.6 Å². The van der Waals surface area contributed by atoms with E-state index in [1.165, 1.54) is 4.90 Å². The third-order valence-electron chi connectivity index (χ3n) is 5.40. The Morgan fingerprint density at radius 3 is 2.38 bits per heavy atom. The van der Waals surface area contributed by atoms with Crippen molar-refractivity contribution in [2.24, 2.45) is 0 Å². The van der Waals surface area contributed by atoms with E-state index < -0.39 is 0 Å². The molecule has 1 aliphatic rings. The highest BCUT2D eigenvalue weighted by atomic mass is 35.5. The van der Waals surface area contributed by atoms with Crippen LogP contribution in [-0.4, -0.2) is 35.8 Å². The Balaban J connectivity index is 1.45. The zero-order valence-corrected chi connectivity index (χ0v) is 22.7. The maximum absolute atomic E-state index is 12.9. The zero-order valence-electron chi connectivity index (χ0n) is 20.3. The number of rotatable bonds is 10. The zero-order chi connectivity index (χ0) is 26.4. The molecule has 0 spiro atoms. The maximum Gasteiger partial charge on any atom is 0.293 e. The number of amides is 2. The van der Waals surface area contributed by atoms with Gasteiger partial charge >= 0.3 is 0 Å². The molecule has 4 rings (SSSR count). The van der Waals surface area contributed by atoms with Crippen LogP contribution in [0.15, 0.2) is 65.6 Å². The van der Waals surface area contributed by atoms with Gasteiger partial charge in [-0.25, -0.2) is 0 Å². The van der Waals surface area contributed by atoms with Gasteiger partial charge < -0.3 is 14.2 Å². The quantitative estimate of drug-likeness (QED) is 0.242. The fourth-order valence-electron chi connectivity index (χ4n) is 3.54. The van der Waals surface area contributed by atoms with Crippen LogP contribution in [0.5, 0.6) is 17.2 Å². The summed E-state index contributed by atoms with van der Waals surface area (Å²) in [5.74, 6) is 1.15. The number of ether oxygens (including phenoxy) is 3. The molecule has 0 aliphatic carbocycles. The second-order valence-electron chi connectivity index (χ2n) is 8.17. The summed E-state index contributed by atoms with van der Waals surface area (Å²) in [7, 11) is 0. The Morgan fingerprint density at radius 2 is 1.68 bits per heavy atom. The number of hydrogen-bond acceptors (Lipinski definition) is 6. The standard InChI is InChI=1S/C28H25Cl2NO5S/c1-3-34-24-15-20(14-23(30)26(24)36-17-19-6-8-21(29)9-7-19)16-25-27(32)31(28(33)37-25)12-13-35-22-10-4-18(2)5-11-22/h4-11,14-16H,3,12-13,17H2,1-2H3/b25-16-. The molecular formula is C28H25Cl2NO5S. The van der Waals surface area contributed by atoms with Crippen molar-refractivity contribution >= 4 is 52.2 Å². The Labute approximate surface area is 230 Å². The molecule has 0 atom stereocenters. The SMILES string of the molecule is CCOc1cc(/C=C2\SC(=O)N(CCOc3ccc(C)cc3)C2=O)cc(Cl)c1OCc1ccc(Cl)cc1. The minimum Gasteiger partial charge on any atom is -0.492 e. The Hall–Kier alpha value is -3.13. The van der Waals surface area contributed by atoms with Crippen molar-refractivity contribution in [1.29, 1.82) is 0 Å². The topological polar surface area (TPSA) is 65.1 Å². The van der Waals surface area contributed by atoms with E-state index in [0.29, 0.717) is 44.4 Å². The summed E-state index contributed by atoms with van der Waals surface area (Å²) in [5, 5.41) is 0.629. The number of imide groups is 1. The van der Waals surface area contributed by atoms with Crippen molar-refractivity contribution in [1.82, 2.24) is 4.90 Å². The second-order valence-corrected chi connectivity index (χ2v) is 10.0. The van der Waals surface area contributed by atoms with Gasteiger partial charge in [-0.3, -0.25) is 14.5 Å². The molecule has 0 N–H and O–H groups in total. The van der Waals surface area contributed by atoms with E-state index in [4.69, 9.17) is 37.4 Å². The normalized spacial score (nSPS) is 14.4. The number of halogens is 2. The van der Waals surface area contributed by atoms with Gasteiger partial charge in [0.25, 0.3) is 11.1 Å². The summed E-state index contributed by atoms with van der Waals surface area (Å²) in [5.41, 5.74) is 2.66. The van der Waals surface area contributed by atoms with Crippen LogP contribution >= 0.6 is 35.0 Å². The van der Waals surface area contributed by atoms with E-state index in [-0.39, 0.29) is 30.9 Å². The van der Waals surface area contributed by atoms with Crippen LogP contribution in [0.25, 0.3) is 6.08 Å². The van der Waals surface area contributed by atoms with Gasteiger partial charge in [0.15, 0.2) is 11.5 Å². The fraction of sp³-hybridized carbons (Fsp3) is 0.214. The molecule has 1 heterocycles. The van der Waals surface area contributed by atoms with Gasteiger partial charge in [0, 0.05) is 5.02 Å². The van der Waals surface area contributed by atoms with Crippen molar-refractivity contribution in [3.8, 4) is 17.2 Å². The number of hydrogen-bond donors (Lipinski definition) is 0. The first-order valence-corrected chi connectivity index (χ1v) is 13.2. The molecular weight excluding hydrogens is 533 g/mol. The van der Waals surface area contributed by atoms with Gasteiger partial charge in [0.05, 0.1) is 23.1 Å². The van der Waals surface area contributed by atoms with E-state index in [1.807, 2.05) is 50.2 Å². The van der Waals surface area contributed by atoms with Crippen LogP contribution in [0, 0.1) is 6.92 Å². The number of carbonyl (C=O) groups is 2. The lowest BCUT2D eigenvalue weighted by atomic mass is 10.1. The van der Waals surface area contributed by atoms with E-state index in [0.717, 1.165) is 22.9 Å². The highest BCUT2D eigenvalue weighted by Gasteiger charge is 2.35. The molecule has 0 radical (unpaired) electrons. The van der Waals surface area contributed by atoms with Crippen LogP contribution < -0.4 is 14.2 Å². The molecule has 9 heteroatoms. The highest BCUT2D eigenvalue weighted by Crippen LogP contribution is 2.39. The second kappa shape index (κ2) is 12.4. The maximum atomic E-state index is 12.9. The summed E-state index contributed by atoms with van der Waals surface area (Å²) < 4.78 is 17.4. The van der Waals surface area contributed by atoms with Gasteiger partial charge in [0.2, 0.25) is 0 Å². The largest absolute Gasteiger partial charge is 0.492 e. The number of thioether (sulfide) groups is 1. The molecule has 0 aromatic heterocycles. The van der Waals surface area contributed by atoms with Gasteiger partial charge in [-0.1, -0.05) is 53.0 Å². The van der Waals surface area contributed by atoms with E-state index in [9.17, 15) is 9.59 Å². The van der Waals surface area contributed by atoms with Crippen molar-refractivity contribution in [2.45, 2.75) is 20.5 Å². The lowest BCUT2D eigenvalue weighted by Crippen LogP contribution is -2.32. The van der Waals surface area contributed by atoms with Crippen LogP contribution in [0.2, 0.25) is 10.0 Å². The van der Waals surface area contributed by atoms with Crippen molar-refractivity contribution in [3.63, 3.8) is 0 Å². The van der Waals surface area contributed by atoms with E-state index in [1.54, 1.807) is 30.3 Å². The minimum atomic E-state index is -0.375. The third kappa shape index (κ3) is 7.01. The molecule has 37 heavy (non-hydrogen) atoms. The molecule has 3 aromatic carbocycles. The fourth-order valence-corrected chi connectivity index (χ4v) is 4.81. The smallest absolute Gasteiger partial charge is 0.293 e. The molecule has 0 saturated carbocycles. The van der Waals surface area contributed by atoms with Gasteiger partial charge in [-0.05, 0) is 79.2 Å². The van der Waals surface area contributed by atoms with Crippen molar-refractivity contribution < 1.29 is 23.8 Å². The average molecular weight is 558 g/mol. The van der Waals surface area contributed by atoms with Crippen molar-refractivity contribution in [2.75, 3.05) is 19.8 Å². The molecule has 6 nitrogen and oxygen atoms in total. The Morgan fingerprint density at radius 1 is 0.946 bits per heavy atom. The highest BCUT2D eigenvalue weighted by molar-refractivity contribution is 8.18. The van der Waals surface area contributed by atoms with Crippen LogP contribution in [0.3, 0.4) is 0 Å². The predicted molar refractivity (Wildman–Crippen MR) is 148 cm³/mol. The first kappa shape index (κ1) is 26.9. The molecule has 0 unspecified atom stereocenters. The summed E-state index contributed by atoms with van der Waals surface area (Å²) in [6.07, 6.45) is 1.63. The molecule has 2 amide bonds. The Kier molecular flexibility index (Phi) is 9.03. The average Bonchev–Trinajstić information content (AvgIpc) is 3.13. The lowest BCUT2D eigenvalue weighted by molar-refractivity contribution is -0.123. The molecule has 1 saturated heterocycles. The van der Waals surface area contributed by atoms with Gasteiger partial charge in [0.1, 0.15) is 19.0 Å². The molecule has 1 fully saturated rings. The van der Waals surface area contributed by atoms with Gasteiger partial charge in [-0.2, -0.15) is 0 Å². The van der Waals surface area contributed by atoms with Crippen LogP contribution in [-0.2, 0) is 11.4 Å². The molecule has 192 valence electrons. The first-order valence-electron chi connectivity index (χ1n) is 11.6. The first-order chi connectivity index (χ1) is 17.8. The number of benzene rings is 3. The number of carbonyl (C=O) groups excluding carboxylic acids is 2. The van der Waals surface area contributed by atoms with Gasteiger partial charge in [-0.15, -0.1) is 0 Å². The monoisotopic (exact) mass is 557 g/mol. The van der Waals surface area contributed by atoms with E-state index >= 15 is 0 Å². The summed E-state index contributed by atoms with van der Waals surface area (Å²) in [4.78, 5) is 26.9. The minimum absolute atomic E-state index is 0.151. The molecule has 3 aromatic rings. The van der Waals surface area contributed by atoms with Crippen molar-refractivity contribution in [3.05, 3.63) is 92.3 Å². The predicted octanol–water partition coefficient (Wildman–Crippen LogP) is 7.39. The van der Waals surface area contributed by atoms with Crippen LogP contribution in [0.4, 0.5) is 4.79 Å². The lowest BCUT2D eigenvalue weighted by Gasteiger charge is -2.15. The summed E-state index contributed by atoms with van der Waals surface area (Å²) in [6.45, 7) is 4.87.